The van der Waals surface area contributed by atoms with Gasteiger partial charge < -0.3 is 10.5 Å². The van der Waals surface area contributed by atoms with E-state index >= 15 is 0 Å². The molecular formula is C22H26N4O4S2. The number of aromatic nitrogens is 2. The first kappa shape index (κ1) is 23.7. The average molecular weight is 475 g/mol. The lowest BCUT2D eigenvalue weighted by Crippen LogP contribution is -2.31. The third-order valence-electron chi connectivity index (χ3n) is 4.68. The van der Waals surface area contributed by atoms with Gasteiger partial charge in [0, 0.05) is 16.5 Å². The van der Waals surface area contributed by atoms with E-state index in [-0.39, 0.29) is 27.0 Å². The number of nitrogens with one attached hydrogen (secondary N) is 1. The molecule has 0 aliphatic rings. The second kappa shape index (κ2) is 8.51. The number of nitrogens with two attached hydrogens (primary N) is 1. The summed E-state index contributed by atoms with van der Waals surface area (Å²) in [5.41, 5.74) is 8.73. The van der Waals surface area contributed by atoms with Crippen molar-refractivity contribution in [2.45, 2.75) is 52.0 Å². The van der Waals surface area contributed by atoms with Crippen LogP contribution in [-0.4, -0.2) is 24.3 Å². The van der Waals surface area contributed by atoms with E-state index < -0.39 is 15.9 Å². The average Bonchev–Trinajstić information content (AvgIpc) is 3.11. The molecule has 8 nitrogen and oxygen atoms in total. The van der Waals surface area contributed by atoms with Crippen LogP contribution < -0.4 is 15.2 Å². The van der Waals surface area contributed by atoms with Gasteiger partial charge in [-0.2, -0.15) is 8.42 Å². The quantitative estimate of drug-likeness (QED) is 0.566. The van der Waals surface area contributed by atoms with Crippen molar-refractivity contribution in [2.24, 2.45) is 0 Å². The van der Waals surface area contributed by atoms with Crippen LogP contribution in [0.1, 0.15) is 53.5 Å². The van der Waals surface area contributed by atoms with Crippen molar-refractivity contribution in [3.63, 3.8) is 0 Å². The fraction of sp³-hybridized carbons (Fsp3) is 0.318. The summed E-state index contributed by atoms with van der Waals surface area (Å²) in [7, 11) is -4.20. The third kappa shape index (κ3) is 5.08. The lowest BCUT2D eigenvalue weighted by Gasteiger charge is -2.21. The van der Waals surface area contributed by atoms with Crippen molar-refractivity contribution >= 4 is 32.4 Å². The van der Waals surface area contributed by atoms with Crippen LogP contribution in [0.15, 0.2) is 34.7 Å². The molecule has 32 heavy (non-hydrogen) atoms. The molecule has 0 fully saturated rings. The smallest absolute Gasteiger partial charge is 0.282 e. The number of carbonyl (C=O) groups is 1. The second-order valence-corrected chi connectivity index (χ2v) is 11.1. The number of carbonyl (C=O) groups excluding carboxylic acids is 1. The Labute approximate surface area is 191 Å². The summed E-state index contributed by atoms with van der Waals surface area (Å²) in [6.07, 6.45) is 0. The molecule has 1 aromatic carbocycles. The Morgan fingerprint density at radius 2 is 1.72 bits per heavy atom. The predicted molar refractivity (Wildman–Crippen MR) is 125 cm³/mol. The van der Waals surface area contributed by atoms with Crippen LogP contribution >= 0.6 is 11.3 Å². The van der Waals surface area contributed by atoms with Gasteiger partial charge in [-0.25, -0.2) is 14.7 Å². The number of hydrogen-bond donors (Lipinski definition) is 2. The standard InChI is InChI=1S/C22H26N4O4S2/c1-12-9-13(2)18(14(3)10-12)30-20-15(7-8-16(24-20)22(4,5)6)19(27)26-32(28,29)17-11-31-21(23)25-17/h7-11H,1-6H3,(H2,23,25)(H,26,27). The van der Waals surface area contributed by atoms with E-state index in [0.717, 1.165) is 28.0 Å². The summed E-state index contributed by atoms with van der Waals surface area (Å²) < 4.78 is 33.3. The van der Waals surface area contributed by atoms with Crippen LogP contribution in [0.25, 0.3) is 0 Å². The van der Waals surface area contributed by atoms with Gasteiger partial charge in [0.2, 0.25) is 5.88 Å². The first-order valence-corrected chi connectivity index (χ1v) is 12.2. The highest BCUT2D eigenvalue weighted by atomic mass is 32.2. The zero-order valence-electron chi connectivity index (χ0n) is 18.8. The van der Waals surface area contributed by atoms with Crippen LogP contribution in [0, 0.1) is 20.8 Å². The fourth-order valence-corrected chi connectivity index (χ4v) is 4.97. The van der Waals surface area contributed by atoms with E-state index in [1.807, 2.05) is 58.4 Å². The van der Waals surface area contributed by atoms with Crippen molar-refractivity contribution in [1.29, 1.82) is 0 Å². The first-order chi connectivity index (χ1) is 14.8. The monoisotopic (exact) mass is 474 g/mol. The normalized spacial score (nSPS) is 11.9. The summed E-state index contributed by atoms with van der Waals surface area (Å²) in [6.45, 7) is 11.7. The lowest BCUT2D eigenvalue weighted by molar-refractivity contribution is 0.0978. The third-order valence-corrected chi connectivity index (χ3v) is 6.72. The Balaban J connectivity index is 2.05. The van der Waals surface area contributed by atoms with Crippen molar-refractivity contribution < 1.29 is 17.9 Å². The minimum atomic E-state index is -4.20. The molecular weight excluding hydrogens is 448 g/mol. The van der Waals surface area contributed by atoms with Gasteiger partial charge in [-0.1, -0.05) is 38.5 Å². The molecule has 0 aliphatic heterocycles. The van der Waals surface area contributed by atoms with E-state index in [4.69, 9.17) is 10.5 Å². The van der Waals surface area contributed by atoms with E-state index in [1.165, 1.54) is 11.4 Å². The fourth-order valence-electron chi connectivity index (χ4n) is 3.16. The summed E-state index contributed by atoms with van der Waals surface area (Å²) >= 11 is 0.967. The van der Waals surface area contributed by atoms with Gasteiger partial charge >= 0.3 is 0 Å². The summed E-state index contributed by atoms with van der Waals surface area (Å²) in [5, 5.41) is 1.03. The predicted octanol–water partition coefficient (Wildman–Crippen LogP) is 4.25. The summed E-state index contributed by atoms with van der Waals surface area (Å²) in [6, 6.07) is 7.13. The Morgan fingerprint density at radius 3 is 2.25 bits per heavy atom. The highest BCUT2D eigenvalue weighted by Gasteiger charge is 2.26. The molecule has 170 valence electrons. The van der Waals surface area contributed by atoms with Crippen LogP contribution in [0.2, 0.25) is 0 Å². The van der Waals surface area contributed by atoms with Gasteiger partial charge in [-0.15, -0.1) is 11.3 Å². The molecule has 0 spiro atoms. The number of amides is 1. The van der Waals surface area contributed by atoms with E-state index in [9.17, 15) is 13.2 Å². The number of nitrogens with zero attached hydrogens (tertiary/aromatic N) is 2. The van der Waals surface area contributed by atoms with Crippen LogP contribution in [-0.2, 0) is 15.4 Å². The van der Waals surface area contributed by atoms with Gasteiger partial charge in [0.25, 0.3) is 15.9 Å². The highest BCUT2D eigenvalue weighted by molar-refractivity contribution is 7.90. The zero-order chi connectivity index (χ0) is 23.8. The summed E-state index contributed by atoms with van der Waals surface area (Å²) in [4.78, 5) is 21.3. The molecule has 2 aromatic heterocycles. The van der Waals surface area contributed by atoms with Gasteiger partial charge in [-0.3, -0.25) is 4.79 Å². The van der Waals surface area contributed by atoms with Crippen LogP contribution in [0.3, 0.4) is 0 Å². The van der Waals surface area contributed by atoms with E-state index in [1.54, 1.807) is 6.07 Å². The largest absolute Gasteiger partial charge is 0.438 e. The number of sulfonamides is 1. The molecule has 1 amide bonds. The molecule has 3 aromatic rings. The van der Waals surface area contributed by atoms with Gasteiger partial charge in [0.1, 0.15) is 11.3 Å². The number of pyridine rings is 1. The van der Waals surface area contributed by atoms with E-state index in [0.29, 0.717) is 11.4 Å². The second-order valence-electron chi connectivity index (χ2n) is 8.59. The van der Waals surface area contributed by atoms with Crippen molar-refractivity contribution in [2.75, 3.05) is 5.73 Å². The van der Waals surface area contributed by atoms with Gasteiger partial charge in [0.15, 0.2) is 10.2 Å². The number of aryl methyl sites for hydroxylation is 3. The van der Waals surface area contributed by atoms with Gasteiger partial charge in [0.05, 0.1) is 0 Å². The maximum Gasteiger partial charge on any atom is 0.282 e. The Bertz CT molecular complexity index is 1270. The topological polar surface area (TPSA) is 124 Å². The maximum atomic E-state index is 13.0. The van der Waals surface area contributed by atoms with Crippen molar-refractivity contribution in [3.05, 3.63) is 57.6 Å². The first-order valence-electron chi connectivity index (χ1n) is 9.83. The molecule has 0 aliphatic carbocycles. The number of rotatable bonds is 5. The van der Waals surface area contributed by atoms with Crippen LogP contribution in [0.4, 0.5) is 5.13 Å². The number of benzene rings is 1. The van der Waals surface area contributed by atoms with Gasteiger partial charge in [-0.05, 0) is 44.0 Å². The zero-order valence-corrected chi connectivity index (χ0v) is 20.4. The molecule has 0 saturated heterocycles. The molecule has 10 heteroatoms. The molecule has 3 N–H and O–H groups in total. The Kier molecular flexibility index (Phi) is 6.30. The molecule has 0 saturated carbocycles. The highest BCUT2D eigenvalue weighted by Crippen LogP contribution is 2.33. The number of ether oxygens (including phenoxy) is 1. The molecule has 3 rings (SSSR count). The number of nitrogen functional groups attached to an aromatic ring is 1. The number of hydrogen-bond acceptors (Lipinski definition) is 8. The lowest BCUT2D eigenvalue weighted by atomic mass is 9.91. The number of thiazole rings is 1. The Morgan fingerprint density at radius 1 is 1.09 bits per heavy atom. The molecule has 0 bridgehead atoms. The molecule has 0 radical (unpaired) electrons. The minimum absolute atomic E-state index is 0.0100. The van der Waals surface area contributed by atoms with Crippen molar-refractivity contribution in [3.8, 4) is 11.6 Å². The maximum absolute atomic E-state index is 13.0. The Hall–Kier alpha value is -2.98. The minimum Gasteiger partial charge on any atom is -0.438 e. The van der Waals surface area contributed by atoms with E-state index in [2.05, 4.69) is 9.97 Å². The van der Waals surface area contributed by atoms with Crippen molar-refractivity contribution in [1.82, 2.24) is 14.7 Å². The molecule has 2 heterocycles. The summed E-state index contributed by atoms with van der Waals surface area (Å²) in [5.74, 6) is -0.279. The molecule has 0 unspecified atom stereocenters. The number of anilines is 1. The molecule has 0 atom stereocenters. The SMILES string of the molecule is Cc1cc(C)c(Oc2nc(C(C)(C)C)ccc2C(=O)NS(=O)(=O)c2csc(N)n2)c(C)c1. The van der Waals surface area contributed by atoms with Crippen LogP contribution in [0.5, 0.6) is 11.6 Å².